The summed E-state index contributed by atoms with van der Waals surface area (Å²) in [5, 5.41) is 1.05. The van der Waals surface area contributed by atoms with E-state index in [1.54, 1.807) is 6.33 Å². The van der Waals surface area contributed by atoms with Gasteiger partial charge in [-0.15, -0.1) is 11.6 Å². The lowest BCUT2D eigenvalue weighted by molar-refractivity contribution is -0.127. The van der Waals surface area contributed by atoms with Crippen molar-refractivity contribution >= 4 is 34.4 Å². The highest BCUT2D eigenvalue weighted by molar-refractivity contribution is 6.27. The number of alkyl halides is 1. The minimum Gasteiger partial charge on any atom is -0.351 e. The number of aromatic amines is 1. The number of halogens is 1. The first-order valence-corrected chi connectivity index (χ1v) is 8.68. The minimum atomic E-state index is 0.0232. The third kappa shape index (κ3) is 2.87. The fourth-order valence-electron chi connectivity index (χ4n) is 3.38. The Labute approximate surface area is 139 Å². The number of fused-ring (bicyclic) bond motifs is 1. The molecule has 6 nitrogen and oxygen atoms in total. The van der Waals surface area contributed by atoms with Crippen LogP contribution in [-0.2, 0) is 4.79 Å². The number of carbonyl (C=O) groups is 1. The van der Waals surface area contributed by atoms with Gasteiger partial charge < -0.3 is 14.8 Å². The Morgan fingerprint density at radius 3 is 3.04 bits per heavy atom. The largest absolute Gasteiger partial charge is 0.351 e. The van der Waals surface area contributed by atoms with Crippen LogP contribution >= 0.6 is 11.6 Å². The highest BCUT2D eigenvalue weighted by Crippen LogP contribution is 2.35. The maximum absolute atomic E-state index is 11.9. The first-order valence-electron chi connectivity index (χ1n) is 8.14. The molecule has 23 heavy (non-hydrogen) atoms. The van der Waals surface area contributed by atoms with Gasteiger partial charge in [0.1, 0.15) is 23.7 Å². The average Bonchev–Trinajstić information content (AvgIpc) is 3.07. The third-order valence-electron chi connectivity index (χ3n) is 4.83. The molecule has 1 N–H and O–H groups in total. The SMILES string of the molecule is O=C(CCl)N1CCC(N(CC2CC2)c2ncnc3[nH]ccc23)C1. The Balaban J connectivity index is 1.63. The van der Waals surface area contributed by atoms with Gasteiger partial charge in [-0.3, -0.25) is 4.79 Å². The van der Waals surface area contributed by atoms with Gasteiger partial charge in [0.15, 0.2) is 0 Å². The van der Waals surface area contributed by atoms with Gasteiger partial charge in [0.2, 0.25) is 5.91 Å². The van der Waals surface area contributed by atoms with Crippen LogP contribution in [0.15, 0.2) is 18.6 Å². The molecule has 1 saturated heterocycles. The van der Waals surface area contributed by atoms with E-state index in [0.29, 0.717) is 6.04 Å². The molecule has 0 bridgehead atoms. The molecular weight excluding hydrogens is 314 g/mol. The summed E-state index contributed by atoms with van der Waals surface area (Å²) in [7, 11) is 0. The summed E-state index contributed by atoms with van der Waals surface area (Å²) in [6.45, 7) is 2.51. The minimum absolute atomic E-state index is 0.0232. The Hall–Kier alpha value is -1.82. The van der Waals surface area contributed by atoms with Gasteiger partial charge in [-0.25, -0.2) is 9.97 Å². The van der Waals surface area contributed by atoms with Crippen LogP contribution in [0.25, 0.3) is 11.0 Å². The molecule has 1 aliphatic heterocycles. The molecule has 0 spiro atoms. The van der Waals surface area contributed by atoms with Crippen molar-refractivity contribution in [2.24, 2.45) is 5.92 Å². The number of hydrogen-bond acceptors (Lipinski definition) is 4. The number of rotatable bonds is 5. The van der Waals surface area contributed by atoms with Crippen LogP contribution in [-0.4, -0.2) is 57.3 Å². The van der Waals surface area contributed by atoms with E-state index in [4.69, 9.17) is 11.6 Å². The molecule has 1 atom stereocenters. The molecule has 7 heteroatoms. The lowest BCUT2D eigenvalue weighted by Gasteiger charge is -2.30. The van der Waals surface area contributed by atoms with Crippen LogP contribution in [0.2, 0.25) is 0 Å². The zero-order valence-electron chi connectivity index (χ0n) is 12.9. The number of aromatic nitrogens is 3. The molecule has 1 amide bonds. The lowest BCUT2D eigenvalue weighted by Crippen LogP contribution is -2.41. The molecule has 1 saturated carbocycles. The number of hydrogen-bond donors (Lipinski definition) is 1. The van der Waals surface area contributed by atoms with Crippen LogP contribution in [0, 0.1) is 5.92 Å². The quantitative estimate of drug-likeness (QED) is 0.850. The zero-order chi connectivity index (χ0) is 15.8. The third-order valence-corrected chi connectivity index (χ3v) is 5.06. The molecule has 1 aliphatic carbocycles. The predicted octanol–water partition coefficient (Wildman–Crippen LogP) is 2.01. The maximum atomic E-state index is 11.9. The zero-order valence-corrected chi connectivity index (χ0v) is 13.7. The van der Waals surface area contributed by atoms with Gasteiger partial charge in [0.25, 0.3) is 0 Å². The number of carbonyl (C=O) groups excluding carboxylic acids is 1. The topological polar surface area (TPSA) is 65.1 Å². The van der Waals surface area contributed by atoms with Gasteiger partial charge in [-0.1, -0.05) is 0 Å². The second-order valence-electron chi connectivity index (χ2n) is 6.45. The smallest absolute Gasteiger partial charge is 0.237 e. The molecule has 0 aromatic carbocycles. The molecule has 122 valence electrons. The normalized spacial score (nSPS) is 21.1. The monoisotopic (exact) mass is 333 g/mol. The van der Waals surface area contributed by atoms with Crippen LogP contribution in [0.1, 0.15) is 19.3 Å². The molecule has 2 aromatic rings. The number of likely N-dealkylation sites (tertiary alicyclic amines) is 1. The second kappa shape index (κ2) is 6.00. The second-order valence-corrected chi connectivity index (χ2v) is 6.72. The summed E-state index contributed by atoms with van der Waals surface area (Å²) in [5.41, 5.74) is 0.863. The summed E-state index contributed by atoms with van der Waals surface area (Å²) in [6.07, 6.45) is 7.05. The van der Waals surface area contributed by atoms with Crippen LogP contribution in [0.3, 0.4) is 0 Å². The van der Waals surface area contributed by atoms with Crippen LogP contribution in [0.5, 0.6) is 0 Å². The van der Waals surface area contributed by atoms with E-state index in [2.05, 4.69) is 19.9 Å². The maximum Gasteiger partial charge on any atom is 0.237 e. The van der Waals surface area contributed by atoms with Gasteiger partial charge in [-0.05, 0) is 31.2 Å². The number of nitrogens with one attached hydrogen (secondary N) is 1. The van der Waals surface area contributed by atoms with E-state index < -0.39 is 0 Å². The predicted molar refractivity (Wildman–Crippen MR) is 89.7 cm³/mol. The highest BCUT2D eigenvalue weighted by Gasteiger charge is 2.35. The molecule has 4 rings (SSSR count). The number of amides is 1. The summed E-state index contributed by atoms with van der Waals surface area (Å²) >= 11 is 5.70. The van der Waals surface area contributed by atoms with Crippen molar-refractivity contribution in [2.45, 2.75) is 25.3 Å². The summed E-state index contributed by atoms with van der Waals surface area (Å²) in [4.78, 5) is 28.1. The molecule has 0 radical (unpaired) electrons. The van der Waals surface area contributed by atoms with Crippen molar-refractivity contribution < 1.29 is 4.79 Å². The molecule has 2 fully saturated rings. The van der Waals surface area contributed by atoms with E-state index in [9.17, 15) is 4.79 Å². The van der Waals surface area contributed by atoms with Crippen LogP contribution < -0.4 is 4.90 Å². The first-order chi connectivity index (χ1) is 11.3. The van der Waals surface area contributed by atoms with Gasteiger partial charge in [0.05, 0.1) is 5.39 Å². The summed E-state index contributed by atoms with van der Waals surface area (Å²) < 4.78 is 0. The van der Waals surface area contributed by atoms with E-state index in [1.165, 1.54) is 12.8 Å². The van der Waals surface area contributed by atoms with E-state index in [0.717, 1.165) is 48.8 Å². The summed E-state index contributed by atoms with van der Waals surface area (Å²) in [6, 6.07) is 2.33. The van der Waals surface area contributed by atoms with Crippen molar-refractivity contribution in [3.8, 4) is 0 Å². The lowest BCUT2D eigenvalue weighted by atomic mass is 10.2. The first kappa shape index (κ1) is 14.8. The van der Waals surface area contributed by atoms with E-state index >= 15 is 0 Å². The average molecular weight is 334 g/mol. The number of anilines is 1. The number of nitrogens with zero attached hydrogens (tertiary/aromatic N) is 4. The standard InChI is InChI=1S/C16H20ClN5O/c17-7-14(23)21-6-4-12(9-21)22(8-11-1-2-11)16-13-3-5-18-15(13)19-10-20-16/h3,5,10-12H,1-2,4,6-9H2,(H,18,19,20). The van der Waals surface area contributed by atoms with Crippen molar-refractivity contribution in [2.75, 3.05) is 30.4 Å². The van der Waals surface area contributed by atoms with E-state index in [1.807, 2.05) is 17.2 Å². The van der Waals surface area contributed by atoms with Gasteiger partial charge in [0, 0.05) is 31.9 Å². The molecule has 2 aliphatic rings. The highest BCUT2D eigenvalue weighted by atomic mass is 35.5. The molecule has 1 unspecified atom stereocenters. The van der Waals surface area contributed by atoms with E-state index in [-0.39, 0.29) is 11.8 Å². The van der Waals surface area contributed by atoms with Gasteiger partial charge in [-0.2, -0.15) is 0 Å². The van der Waals surface area contributed by atoms with Crippen molar-refractivity contribution in [1.29, 1.82) is 0 Å². The number of H-pyrrole nitrogens is 1. The van der Waals surface area contributed by atoms with Crippen molar-refractivity contribution in [1.82, 2.24) is 19.9 Å². The van der Waals surface area contributed by atoms with Crippen molar-refractivity contribution in [3.05, 3.63) is 18.6 Å². The summed E-state index contributed by atoms with van der Waals surface area (Å²) in [5.74, 6) is 1.81. The fourth-order valence-corrected chi connectivity index (χ4v) is 3.55. The molecular formula is C16H20ClN5O. The Kier molecular flexibility index (Phi) is 3.85. The van der Waals surface area contributed by atoms with Gasteiger partial charge >= 0.3 is 0 Å². The Morgan fingerprint density at radius 2 is 2.26 bits per heavy atom. The molecule has 2 aromatic heterocycles. The fraction of sp³-hybridized carbons (Fsp3) is 0.562. The Bertz CT molecular complexity index is 713. The van der Waals surface area contributed by atoms with Crippen molar-refractivity contribution in [3.63, 3.8) is 0 Å². The molecule has 3 heterocycles. The van der Waals surface area contributed by atoms with Crippen LogP contribution in [0.4, 0.5) is 5.82 Å². The Morgan fingerprint density at radius 1 is 1.39 bits per heavy atom.